The first-order valence-corrected chi connectivity index (χ1v) is 8.11. The number of hydrogen-bond donors (Lipinski definition) is 1. The van der Waals surface area contributed by atoms with Crippen molar-refractivity contribution in [2.75, 3.05) is 32.7 Å². The monoisotopic (exact) mass is 379 g/mol. The lowest BCUT2D eigenvalue weighted by Crippen LogP contribution is -2.53. The maximum absolute atomic E-state index is 12.9. The van der Waals surface area contributed by atoms with Crippen LogP contribution in [-0.4, -0.2) is 54.5 Å². The molecule has 4 nitrogen and oxygen atoms in total. The highest BCUT2D eigenvalue weighted by molar-refractivity contribution is 5.85. The molecule has 1 saturated heterocycles. The highest BCUT2D eigenvalue weighted by Crippen LogP contribution is 2.08. The summed E-state index contributed by atoms with van der Waals surface area (Å²) in [4.78, 5) is 16.4. The fourth-order valence-electron chi connectivity index (χ4n) is 2.80. The van der Waals surface area contributed by atoms with E-state index in [1.165, 1.54) is 12.1 Å². The number of nitrogens with zero attached hydrogens (tertiary/aromatic N) is 2. The van der Waals surface area contributed by atoms with Gasteiger partial charge in [0, 0.05) is 32.7 Å². The molecular formula is C17H28Cl2FN3O. The second kappa shape index (κ2) is 11.6. The number of amides is 1. The summed E-state index contributed by atoms with van der Waals surface area (Å²) in [5.41, 5.74) is 7.05. The maximum atomic E-state index is 12.9. The fourth-order valence-corrected chi connectivity index (χ4v) is 2.80. The molecule has 0 spiro atoms. The Balaban J connectivity index is 0.00000264. The van der Waals surface area contributed by atoms with Gasteiger partial charge in [0.15, 0.2) is 0 Å². The summed E-state index contributed by atoms with van der Waals surface area (Å²) in [5, 5.41) is 0. The summed E-state index contributed by atoms with van der Waals surface area (Å²) in [6, 6.07) is 6.32. The number of benzene rings is 1. The van der Waals surface area contributed by atoms with Gasteiger partial charge in [-0.25, -0.2) is 4.39 Å². The van der Waals surface area contributed by atoms with E-state index in [4.69, 9.17) is 5.73 Å². The standard InChI is InChI=1S/C17H26FN3O.2ClH/c1-2-3-16(19)17(22)21-12-10-20(11-13-21)9-8-14-4-6-15(18)7-5-14;;/h4-7,16H,2-3,8-13,19H2,1H3;2*1H. The molecule has 138 valence electrons. The molecule has 0 aliphatic carbocycles. The average Bonchev–Trinajstić information content (AvgIpc) is 2.54. The lowest BCUT2D eigenvalue weighted by molar-refractivity contribution is -0.134. The molecule has 1 aliphatic heterocycles. The molecule has 0 radical (unpaired) electrons. The molecule has 2 N–H and O–H groups in total. The fraction of sp³-hybridized carbons (Fsp3) is 0.588. The number of piperazine rings is 1. The predicted molar refractivity (Wildman–Crippen MR) is 101 cm³/mol. The summed E-state index contributed by atoms with van der Waals surface area (Å²) < 4.78 is 12.9. The Morgan fingerprint density at radius 1 is 1.17 bits per heavy atom. The summed E-state index contributed by atoms with van der Waals surface area (Å²) in [7, 11) is 0. The Kier molecular flexibility index (Phi) is 11.2. The first kappa shape index (κ1) is 23.1. The van der Waals surface area contributed by atoms with Crippen LogP contribution in [0.5, 0.6) is 0 Å². The van der Waals surface area contributed by atoms with Gasteiger partial charge in [0.05, 0.1) is 6.04 Å². The van der Waals surface area contributed by atoms with Crippen LogP contribution in [-0.2, 0) is 11.2 Å². The van der Waals surface area contributed by atoms with Gasteiger partial charge in [0.2, 0.25) is 5.91 Å². The molecule has 0 saturated carbocycles. The smallest absolute Gasteiger partial charge is 0.239 e. The minimum Gasteiger partial charge on any atom is -0.339 e. The molecule has 1 aromatic rings. The summed E-state index contributed by atoms with van der Waals surface area (Å²) >= 11 is 0. The van der Waals surface area contributed by atoms with Gasteiger partial charge in [-0.1, -0.05) is 25.5 Å². The normalized spacial score (nSPS) is 16.0. The van der Waals surface area contributed by atoms with Gasteiger partial charge in [-0.05, 0) is 30.5 Å². The van der Waals surface area contributed by atoms with Crippen LogP contribution in [0.25, 0.3) is 0 Å². The van der Waals surface area contributed by atoms with Crippen molar-refractivity contribution in [2.24, 2.45) is 5.73 Å². The van der Waals surface area contributed by atoms with Gasteiger partial charge in [-0.3, -0.25) is 9.69 Å². The molecule has 1 heterocycles. The van der Waals surface area contributed by atoms with Crippen molar-refractivity contribution < 1.29 is 9.18 Å². The molecule has 7 heteroatoms. The van der Waals surface area contributed by atoms with Crippen LogP contribution < -0.4 is 5.73 Å². The minimum absolute atomic E-state index is 0. The van der Waals surface area contributed by atoms with E-state index in [9.17, 15) is 9.18 Å². The first-order chi connectivity index (χ1) is 10.6. The molecule has 2 rings (SSSR count). The average molecular weight is 380 g/mol. The van der Waals surface area contributed by atoms with Crippen LogP contribution in [0, 0.1) is 5.82 Å². The molecule has 1 atom stereocenters. The highest BCUT2D eigenvalue weighted by Gasteiger charge is 2.24. The molecule has 0 aromatic heterocycles. The third-order valence-corrected chi connectivity index (χ3v) is 4.23. The lowest BCUT2D eigenvalue weighted by atomic mass is 10.1. The van der Waals surface area contributed by atoms with Gasteiger partial charge in [0.1, 0.15) is 5.82 Å². The molecule has 24 heavy (non-hydrogen) atoms. The molecule has 1 amide bonds. The van der Waals surface area contributed by atoms with E-state index in [2.05, 4.69) is 4.90 Å². The van der Waals surface area contributed by atoms with Crippen LogP contribution in [0.15, 0.2) is 24.3 Å². The summed E-state index contributed by atoms with van der Waals surface area (Å²) in [5.74, 6) is -0.112. The summed E-state index contributed by atoms with van der Waals surface area (Å²) in [6.07, 6.45) is 2.59. The van der Waals surface area contributed by atoms with Crippen LogP contribution in [0.4, 0.5) is 4.39 Å². The quantitative estimate of drug-likeness (QED) is 0.825. The third kappa shape index (κ3) is 6.93. The number of hydrogen-bond acceptors (Lipinski definition) is 3. The Morgan fingerprint density at radius 2 is 1.75 bits per heavy atom. The van der Waals surface area contributed by atoms with Gasteiger partial charge in [-0.15, -0.1) is 24.8 Å². The predicted octanol–water partition coefficient (Wildman–Crippen LogP) is 2.48. The van der Waals surface area contributed by atoms with Crippen molar-refractivity contribution in [1.82, 2.24) is 9.80 Å². The number of carbonyl (C=O) groups excluding carboxylic acids is 1. The van der Waals surface area contributed by atoms with Crippen molar-refractivity contribution in [3.05, 3.63) is 35.6 Å². The van der Waals surface area contributed by atoms with Crippen molar-refractivity contribution >= 4 is 30.7 Å². The van der Waals surface area contributed by atoms with E-state index >= 15 is 0 Å². The SMILES string of the molecule is CCCC(N)C(=O)N1CCN(CCc2ccc(F)cc2)CC1.Cl.Cl. The van der Waals surface area contributed by atoms with Crippen molar-refractivity contribution in [3.8, 4) is 0 Å². The zero-order valence-corrected chi connectivity index (χ0v) is 15.8. The maximum Gasteiger partial charge on any atom is 0.239 e. The lowest BCUT2D eigenvalue weighted by Gasteiger charge is -2.35. The molecule has 1 aromatic carbocycles. The van der Waals surface area contributed by atoms with E-state index < -0.39 is 0 Å². The number of carbonyl (C=O) groups is 1. The van der Waals surface area contributed by atoms with Crippen LogP contribution in [0.1, 0.15) is 25.3 Å². The van der Waals surface area contributed by atoms with Crippen molar-refractivity contribution in [1.29, 1.82) is 0 Å². The van der Waals surface area contributed by atoms with E-state index in [1.54, 1.807) is 0 Å². The van der Waals surface area contributed by atoms with Crippen LogP contribution in [0.2, 0.25) is 0 Å². The topological polar surface area (TPSA) is 49.6 Å². The van der Waals surface area contributed by atoms with Crippen LogP contribution in [0.3, 0.4) is 0 Å². The summed E-state index contributed by atoms with van der Waals surface area (Å²) in [6.45, 7) is 6.24. The van der Waals surface area contributed by atoms with E-state index in [0.29, 0.717) is 0 Å². The van der Waals surface area contributed by atoms with Gasteiger partial charge in [-0.2, -0.15) is 0 Å². The van der Waals surface area contributed by atoms with E-state index in [0.717, 1.165) is 57.5 Å². The zero-order chi connectivity index (χ0) is 15.9. The Hall–Kier alpha value is -0.880. The second-order valence-corrected chi connectivity index (χ2v) is 5.94. The highest BCUT2D eigenvalue weighted by atomic mass is 35.5. The zero-order valence-electron chi connectivity index (χ0n) is 14.1. The number of halogens is 3. The van der Waals surface area contributed by atoms with E-state index in [-0.39, 0.29) is 42.6 Å². The van der Waals surface area contributed by atoms with Crippen LogP contribution >= 0.6 is 24.8 Å². The minimum atomic E-state index is -0.351. The number of rotatable bonds is 6. The largest absolute Gasteiger partial charge is 0.339 e. The third-order valence-electron chi connectivity index (χ3n) is 4.23. The molecule has 1 unspecified atom stereocenters. The molecule has 1 fully saturated rings. The first-order valence-electron chi connectivity index (χ1n) is 8.11. The second-order valence-electron chi connectivity index (χ2n) is 5.94. The Bertz CT molecular complexity index is 479. The van der Waals surface area contributed by atoms with Gasteiger partial charge >= 0.3 is 0 Å². The Morgan fingerprint density at radius 3 is 2.29 bits per heavy atom. The molecule has 1 aliphatic rings. The number of nitrogens with two attached hydrogens (primary N) is 1. The molecule has 0 bridgehead atoms. The van der Waals surface area contributed by atoms with E-state index in [1.807, 2.05) is 24.0 Å². The van der Waals surface area contributed by atoms with Crippen molar-refractivity contribution in [3.63, 3.8) is 0 Å². The van der Waals surface area contributed by atoms with Gasteiger partial charge < -0.3 is 10.6 Å². The van der Waals surface area contributed by atoms with Crippen molar-refractivity contribution in [2.45, 2.75) is 32.2 Å². The Labute approximate surface area is 156 Å². The van der Waals surface area contributed by atoms with Gasteiger partial charge in [0.25, 0.3) is 0 Å². The molecular weight excluding hydrogens is 352 g/mol.